The molecule has 0 unspecified atom stereocenters. The normalized spacial score (nSPS) is 17.0. The minimum atomic E-state index is 0.102. The van der Waals surface area contributed by atoms with Crippen LogP contribution in [0.2, 0.25) is 10.0 Å². The Hall–Kier alpha value is -4.39. The number of pyridine rings is 1. The van der Waals surface area contributed by atoms with Gasteiger partial charge in [0.05, 0.1) is 22.8 Å². The average Bonchev–Trinajstić information content (AvgIpc) is 3.72. The Morgan fingerprint density at radius 2 is 1.37 bits per heavy atom. The molecule has 4 aromatic rings. The molecular formula is C39H39Cl2N5O3. The predicted molar refractivity (Wildman–Crippen MR) is 195 cm³/mol. The van der Waals surface area contributed by atoms with Crippen LogP contribution in [-0.2, 0) is 22.7 Å². The molecule has 252 valence electrons. The molecule has 2 amide bonds. The molecule has 8 nitrogen and oxygen atoms in total. The maximum absolute atomic E-state index is 11.6. The summed E-state index contributed by atoms with van der Waals surface area (Å²) in [7, 11) is 1.60. The number of carbonyl (C=O) groups excluding carboxylic acids is 2. The predicted octanol–water partition coefficient (Wildman–Crippen LogP) is 6.51. The fourth-order valence-corrected chi connectivity index (χ4v) is 7.06. The lowest BCUT2D eigenvalue weighted by molar-refractivity contribution is -0.120. The molecule has 0 saturated carbocycles. The molecule has 0 radical (unpaired) electrons. The number of benzene rings is 3. The molecule has 2 aliphatic heterocycles. The minimum absolute atomic E-state index is 0.102. The Kier molecular flexibility index (Phi) is 11.2. The molecule has 2 fully saturated rings. The number of halogens is 2. The maximum atomic E-state index is 11.6. The Bertz CT molecular complexity index is 1940. The van der Waals surface area contributed by atoms with Crippen LogP contribution in [0.3, 0.4) is 0 Å². The van der Waals surface area contributed by atoms with Gasteiger partial charge in [-0.25, -0.2) is 4.98 Å². The fraction of sp³-hybridized carbons (Fsp3) is 0.308. The van der Waals surface area contributed by atoms with Crippen LogP contribution in [-0.4, -0.2) is 49.1 Å². The summed E-state index contributed by atoms with van der Waals surface area (Å²) in [5.41, 5.74) is 7.80. The fourth-order valence-electron chi connectivity index (χ4n) is 6.40. The summed E-state index contributed by atoms with van der Waals surface area (Å²) in [6.45, 7) is 4.42. The molecule has 0 spiro atoms. The summed E-state index contributed by atoms with van der Waals surface area (Å²) in [5, 5.41) is 14.0. The average molecular weight is 697 g/mol. The monoisotopic (exact) mass is 695 g/mol. The molecule has 4 N–H and O–H groups in total. The summed E-state index contributed by atoms with van der Waals surface area (Å²) in [5.74, 6) is 7.02. The summed E-state index contributed by atoms with van der Waals surface area (Å²) in [6.07, 6.45) is 2.86. The van der Waals surface area contributed by atoms with Crippen molar-refractivity contribution in [3.63, 3.8) is 0 Å². The van der Waals surface area contributed by atoms with Crippen molar-refractivity contribution < 1.29 is 14.3 Å². The van der Waals surface area contributed by atoms with E-state index >= 15 is 0 Å². The summed E-state index contributed by atoms with van der Waals surface area (Å²) >= 11 is 14.3. The first-order chi connectivity index (χ1) is 23.8. The standard InChI is InChI=1S/C39H39Cl2N5O3/c1-3-6-24-19-25(11-12-26(24)20-42-22-28-14-17-35(47)44-28)30-7-4-8-31(37(30)40)32-9-5-10-33(38(32)41)34-16-13-27(39(46-34)49-2)21-43-23-29-15-18-36(48)45-29/h4-5,7-13,16,19,28-29,42-43H,14-15,17-18,20-23H2,1-2H3,(H,44,47)(H,45,48)/t28-,29-/m0/s1. The highest BCUT2D eigenvalue weighted by Crippen LogP contribution is 2.42. The van der Waals surface area contributed by atoms with Gasteiger partial charge in [0.1, 0.15) is 0 Å². The van der Waals surface area contributed by atoms with Gasteiger partial charge in [-0.3, -0.25) is 9.59 Å². The molecule has 49 heavy (non-hydrogen) atoms. The Morgan fingerprint density at radius 3 is 1.96 bits per heavy atom. The first-order valence-corrected chi connectivity index (χ1v) is 17.3. The topological polar surface area (TPSA) is 104 Å². The molecular weight excluding hydrogens is 657 g/mol. The van der Waals surface area contributed by atoms with E-state index in [1.165, 1.54) is 0 Å². The molecule has 10 heteroatoms. The van der Waals surface area contributed by atoms with Gasteiger partial charge in [-0.2, -0.15) is 0 Å². The van der Waals surface area contributed by atoms with Gasteiger partial charge in [-0.15, -0.1) is 5.92 Å². The molecule has 1 aromatic heterocycles. The molecule has 2 saturated heterocycles. The molecule has 6 rings (SSSR count). The second-order valence-electron chi connectivity index (χ2n) is 12.3. The third kappa shape index (κ3) is 8.09. The third-order valence-electron chi connectivity index (χ3n) is 8.96. The van der Waals surface area contributed by atoms with Crippen LogP contribution in [0, 0.1) is 11.8 Å². The number of hydrogen-bond acceptors (Lipinski definition) is 6. The lowest BCUT2D eigenvalue weighted by atomic mass is 9.95. The van der Waals surface area contributed by atoms with Crippen LogP contribution < -0.4 is 26.0 Å². The van der Waals surface area contributed by atoms with Crippen molar-refractivity contribution in [2.45, 2.75) is 57.8 Å². The van der Waals surface area contributed by atoms with E-state index in [1.54, 1.807) is 7.11 Å². The minimum Gasteiger partial charge on any atom is -0.481 e. The molecule has 2 aliphatic rings. The summed E-state index contributed by atoms with van der Waals surface area (Å²) in [4.78, 5) is 27.9. The Morgan fingerprint density at radius 1 is 0.796 bits per heavy atom. The van der Waals surface area contributed by atoms with Gasteiger partial charge in [0, 0.05) is 84.5 Å². The smallest absolute Gasteiger partial charge is 0.220 e. The quantitative estimate of drug-likeness (QED) is 0.126. The molecule has 0 aliphatic carbocycles. The second kappa shape index (κ2) is 15.9. The number of hydrogen-bond donors (Lipinski definition) is 4. The molecule has 0 bridgehead atoms. The second-order valence-corrected chi connectivity index (χ2v) is 13.1. The number of nitrogens with one attached hydrogen (secondary N) is 4. The zero-order valence-electron chi connectivity index (χ0n) is 27.6. The van der Waals surface area contributed by atoms with Gasteiger partial charge in [0.2, 0.25) is 17.7 Å². The Balaban J connectivity index is 1.22. The number of methoxy groups -OCH3 is 1. The van der Waals surface area contributed by atoms with Crippen molar-refractivity contribution >= 4 is 35.0 Å². The van der Waals surface area contributed by atoms with Crippen molar-refractivity contribution in [1.82, 2.24) is 26.3 Å². The third-order valence-corrected chi connectivity index (χ3v) is 9.77. The van der Waals surface area contributed by atoms with E-state index in [0.29, 0.717) is 60.6 Å². The van der Waals surface area contributed by atoms with Gasteiger partial charge in [-0.05, 0) is 43.0 Å². The maximum Gasteiger partial charge on any atom is 0.220 e. The lowest BCUT2D eigenvalue weighted by Gasteiger charge is -2.16. The number of ether oxygens (including phenoxy) is 1. The zero-order chi connectivity index (χ0) is 34.3. The van der Waals surface area contributed by atoms with Crippen LogP contribution in [0.25, 0.3) is 33.5 Å². The van der Waals surface area contributed by atoms with E-state index in [2.05, 4.69) is 51.3 Å². The molecule has 3 heterocycles. The van der Waals surface area contributed by atoms with E-state index in [0.717, 1.165) is 57.3 Å². The number of rotatable bonds is 12. The van der Waals surface area contributed by atoms with Crippen molar-refractivity contribution in [1.29, 1.82) is 0 Å². The SMILES string of the molecule is CC#Cc1cc(-c2cccc(-c3cccc(-c4ccc(CNC[C@@H]5CCC(=O)N5)c(OC)n4)c3Cl)c2Cl)ccc1CNC[C@@H]1CCC(=O)N1. The van der Waals surface area contributed by atoms with E-state index in [4.69, 9.17) is 32.9 Å². The zero-order valence-corrected chi connectivity index (χ0v) is 29.1. The van der Waals surface area contributed by atoms with Crippen LogP contribution in [0.1, 0.15) is 49.3 Å². The largest absolute Gasteiger partial charge is 0.481 e. The van der Waals surface area contributed by atoms with E-state index in [9.17, 15) is 9.59 Å². The van der Waals surface area contributed by atoms with E-state index < -0.39 is 0 Å². The van der Waals surface area contributed by atoms with Gasteiger partial charge in [0.25, 0.3) is 0 Å². The van der Waals surface area contributed by atoms with Crippen molar-refractivity contribution in [2.75, 3.05) is 20.2 Å². The van der Waals surface area contributed by atoms with Gasteiger partial charge in [0.15, 0.2) is 0 Å². The van der Waals surface area contributed by atoms with Crippen LogP contribution in [0.5, 0.6) is 5.88 Å². The van der Waals surface area contributed by atoms with E-state index in [1.807, 2.05) is 55.5 Å². The Labute approximate surface area is 297 Å². The highest BCUT2D eigenvalue weighted by atomic mass is 35.5. The first kappa shape index (κ1) is 34.5. The van der Waals surface area contributed by atoms with Crippen LogP contribution >= 0.6 is 23.2 Å². The highest BCUT2D eigenvalue weighted by Gasteiger charge is 2.22. The molecule has 3 aromatic carbocycles. The van der Waals surface area contributed by atoms with Crippen LogP contribution in [0.15, 0.2) is 66.7 Å². The van der Waals surface area contributed by atoms with Crippen LogP contribution in [0.4, 0.5) is 0 Å². The summed E-state index contributed by atoms with van der Waals surface area (Å²) < 4.78 is 5.66. The number of aromatic nitrogens is 1. The van der Waals surface area contributed by atoms with Crippen molar-refractivity contribution in [3.8, 4) is 51.2 Å². The van der Waals surface area contributed by atoms with Gasteiger partial charge >= 0.3 is 0 Å². The highest BCUT2D eigenvalue weighted by molar-refractivity contribution is 6.39. The van der Waals surface area contributed by atoms with Crippen molar-refractivity contribution in [3.05, 3.63) is 93.5 Å². The molecule has 2 atom stereocenters. The number of carbonyl (C=O) groups is 2. The van der Waals surface area contributed by atoms with Gasteiger partial charge in [-0.1, -0.05) is 83.7 Å². The number of amides is 2. The van der Waals surface area contributed by atoms with Gasteiger partial charge < -0.3 is 26.0 Å². The van der Waals surface area contributed by atoms with E-state index in [-0.39, 0.29) is 23.9 Å². The lowest BCUT2D eigenvalue weighted by Crippen LogP contribution is -2.35. The number of nitrogens with zero attached hydrogens (tertiary/aromatic N) is 1. The summed E-state index contributed by atoms with van der Waals surface area (Å²) in [6, 6.07) is 22.3. The first-order valence-electron chi connectivity index (χ1n) is 16.5. The van der Waals surface area contributed by atoms with Crippen molar-refractivity contribution in [2.24, 2.45) is 0 Å².